The fourth-order valence-electron chi connectivity index (χ4n) is 1.97. The Morgan fingerprint density at radius 3 is 1.86 bits per heavy atom. The smallest absolute Gasteiger partial charge is 0.388 e. The van der Waals surface area contributed by atoms with E-state index in [1.165, 1.54) is 0 Å². The van der Waals surface area contributed by atoms with E-state index in [1.807, 2.05) is 75.3 Å². The maximum absolute atomic E-state index is 11.7. The second-order valence-corrected chi connectivity index (χ2v) is 4.69. The molecule has 1 N–H and O–H groups in total. The molecule has 2 nitrogen and oxygen atoms in total. The van der Waals surface area contributed by atoms with Gasteiger partial charge in [-0.25, -0.2) is 0 Å². The molecule has 2 fully saturated rings. The van der Waals surface area contributed by atoms with Crippen molar-refractivity contribution in [1.29, 1.82) is 0 Å². The number of carbonyl (C=O) groups excluding carboxylic acids is 1. The Morgan fingerprint density at radius 2 is 1.36 bits per heavy atom. The third-order valence-electron chi connectivity index (χ3n) is 3.10. The Hall–Kier alpha value is -0.631. The van der Waals surface area contributed by atoms with Gasteiger partial charge >= 0.3 is 17.1 Å². The third kappa shape index (κ3) is 6.64. The molecular formula is C19H18FeO2+2. The number of rotatable bonds is 4. The number of hydrogen-bond donors (Lipinski definition) is 1. The van der Waals surface area contributed by atoms with Gasteiger partial charge in [0.15, 0.2) is 0 Å². The number of aliphatic hydroxyl groups is 1. The zero-order valence-electron chi connectivity index (χ0n) is 12.1. The predicted molar refractivity (Wildman–Crippen MR) is 83.0 cm³/mol. The fourth-order valence-corrected chi connectivity index (χ4v) is 1.97. The van der Waals surface area contributed by atoms with Crippen molar-refractivity contribution < 1.29 is 27.0 Å². The number of hydrogen-bond acceptors (Lipinski definition) is 2. The topological polar surface area (TPSA) is 37.3 Å². The normalized spacial score (nSPS) is 19.0. The van der Waals surface area contributed by atoms with Crippen molar-refractivity contribution in [3.05, 3.63) is 99.6 Å². The van der Waals surface area contributed by atoms with Crippen LogP contribution in [0.5, 0.6) is 0 Å². The van der Waals surface area contributed by atoms with Crippen molar-refractivity contribution in [2.45, 2.75) is 12.5 Å². The third-order valence-corrected chi connectivity index (χ3v) is 3.10. The molecule has 112 valence electrons. The van der Waals surface area contributed by atoms with Crippen LogP contribution in [-0.2, 0) is 21.9 Å². The maximum Gasteiger partial charge on any atom is 2.00 e. The van der Waals surface area contributed by atoms with Crippen molar-refractivity contribution in [3.8, 4) is 0 Å². The summed E-state index contributed by atoms with van der Waals surface area (Å²) in [5.41, 5.74) is 0.780. The zero-order chi connectivity index (χ0) is 14.9. The molecule has 0 unspecified atom stereocenters. The first-order valence-corrected chi connectivity index (χ1v) is 6.92. The molecule has 2 saturated carbocycles. The largest absolute Gasteiger partial charge is 2.00 e. The van der Waals surface area contributed by atoms with E-state index >= 15 is 0 Å². The first-order valence-electron chi connectivity index (χ1n) is 6.92. The van der Waals surface area contributed by atoms with Crippen LogP contribution >= 0.6 is 0 Å². The first kappa shape index (κ1) is 19.4. The van der Waals surface area contributed by atoms with Crippen molar-refractivity contribution in [3.63, 3.8) is 0 Å². The molecule has 0 heterocycles. The minimum atomic E-state index is -0.719. The van der Waals surface area contributed by atoms with Crippen molar-refractivity contribution >= 4 is 5.78 Å². The van der Waals surface area contributed by atoms with Gasteiger partial charge in [0.2, 0.25) is 0 Å². The Morgan fingerprint density at radius 1 is 0.864 bits per heavy atom. The second kappa shape index (κ2) is 11.0. The van der Waals surface area contributed by atoms with E-state index in [0.717, 1.165) is 5.56 Å². The predicted octanol–water partition coefficient (Wildman–Crippen LogP) is 3.10. The Bertz CT molecular complexity index is 401. The molecule has 22 heavy (non-hydrogen) atoms. The second-order valence-electron chi connectivity index (χ2n) is 4.69. The van der Waals surface area contributed by atoms with Crippen molar-refractivity contribution in [2.75, 3.05) is 0 Å². The summed E-state index contributed by atoms with van der Waals surface area (Å²) in [6, 6.07) is 9.23. The Labute approximate surface area is 145 Å². The molecule has 2 aliphatic carbocycles. The first-order chi connectivity index (χ1) is 10.3. The van der Waals surface area contributed by atoms with Gasteiger partial charge < -0.3 is 5.11 Å². The maximum atomic E-state index is 11.7. The minimum absolute atomic E-state index is 0. The molecule has 0 bridgehead atoms. The number of ketones is 1. The molecule has 3 rings (SSSR count). The molecular weight excluding hydrogens is 316 g/mol. The molecule has 1 atom stereocenters. The molecule has 0 amide bonds. The van der Waals surface area contributed by atoms with Crippen LogP contribution < -0.4 is 0 Å². The minimum Gasteiger partial charge on any atom is -0.388 e. The summed E-state index contributed by atoms with van der Waals surface area (Å²) in [5.74, 6) is 0.635. The molecule has 1 aromatic rings. The Kier molecular flexibility index (Phi) is 9.70. The van der Waals surface area contributed by atoms with Crippen LogP contribution in [-0.4, -0.2) is 10.9 Å². The van der Waals surface area contributed by atoms with E-state index < -0.39 is 6.10 Å². The van der Waals surface area contributed by atoms with Crippen LogP contribution in [0.3, 0.4) is 0 Å². The molecule has 2 aliphatic rings. The molecule has 3 heteroatoms. The summed E-state index contributed by atoms with van der Waals surface area (Å²) >= 11 is 0. The number of Topliss-reactive ketones (excluding diaryl/α,β-unsaturated/α-hetero) is 1. The van der Waals surface area contributed by atoms with Gasteiger partial charge in [-0.05, 0) is 63.4 Å². The van der Waals surface area contributed by atoms with Crippen LogP contribution in [0.1, 0.15) is 18.1 Å². The van der Waals surface area contributed by atoms with Gasteiger partial charge in [0.25, 0.3) is 0 Å². The fraction of sp³-hybridized carbons (Fsp3) is 0.105. The summed E-state index contributed by atoms with van der Waals surface area (Å²) in [5, 5.41) is 9.87. The summed E-state index contributed by atoms with van der Waals surface area (Å²) < 4.78 is 0. The summed E-state index contributed by atoms with van der Waals surface area (Å²) in [4.78, 5) is 11.7. The van der Waals surface area contributed by atoms with E-state index in [-0.39, 0.29) is 29.3 Å². The number of aliphatic hydroxyl groups excluding tert-OH is 1. The van der Waals surface area contributed by atoms with Crippen LogP contribution in [0.15, 0.2) is 30.3 Å². The van der Waals surface area contributed by atoms with Gasteiger partial charge in [-0.3, -0.25) is 4.79 Å². The average Bonchev–Trinajstić information content (AvgIpc) is 3.23. The van der Waals surface area contributed by atoms with Gasteiger partial charge in [0, 0.05) is 12.3 Å². The van der Waals surface area contributed by atoms with Crippen molar-refractivity contribution in [2.24, 2.45) is 0 Å². The quantitative estimate of drug-likeness (QED) is 0.859. The summed E-state index contributed by atoms with van der Waals surface area (Å²) in [6.07, 6.45) is 16.6. The average molecular weight is 334 g/mol. The summed E-state index contributed by atoms with van der Waals surface area (Å²) in [6.45, 7) is 0. The number of carbonyl (C=O) groups is 1. The molecule has 10 radical (unpaired) electrons. The van der Waals surface area contributed by atoms with Crippen LogP contribution in [0.25, 0.3) is 0 Å². The molecule has 1 aromatic carbocycles. The summed E-state index contributed by atoms with van der Waals surface area (Å²) in [7, 11) is 0. The molecule has 0 saturated heterocycles. The van der Waals surface area contributed by atoms with Gasteiger partial charge in [0.1, 0.15) is 5.78 Å². The van der Waals surface area contributed by atoms with Gasteiger partial charge in [-0.1, -0.05) is 30.3 Å². The standard InChI is InChI=1S/C14H13O2.C5H5.Fe/c15-13(11-6-2-1-3-7-11)10-14(16)12-8-4-5-9-12;1-2-4-5-3-1;/h1-9,13,15H,10H2;1-5H;/q;;+2/t13-;;/m1../s1. The van der Waals surface area contributed by atoms with E-state index in [1.54, 1.807) is 12.8 Å². The van der Waals surface area contributed by atoms with Crippen LogP contribution in [0.4, 0.5) is 0 Å². The van der Waals surface area contributed by atoms with E-state index in [9.17, 15) is 9.90 Å². The van der Waals surface area contributed by atoms with Crippen molar-refractivity contribution in [1.82, 2.24) is 0 Å². The van der Waals surface area contributed by atoms with Gasteiger partial charge in [-0.15, -0.1) is 0 Å². The van der Waals surface area contributed by atoms with Gasteiger partial charge in [0.05, 0.1) is 6.10 Å². The van der Waals surface area contributed by atoms with Crippen LogP contribution in [0, 0.1) is 63.7 Å². The van der Waals surface area contributed by atoms with E-state index in [0.29, 0.717) is 5.92 Å². The molecule has 0 aliphatic heterocycles. The molecule has 0 aromatic heterocycles. The zero-order valence-corrected chi connectivity index (χ0v) is 13.2. The van der Waals surface area contributed by atoms with E-state index in [4.69, 9.17) is 0 Å². The Balaban J connectivity index is 0.000000344. The van der Waals surface area contributed by atoms with Gasteiger partial charge in [-0.2, -0.15) is 0 Å². The SMILES string of the molecule is O=C(C[C@@H](O)c1ccccc1)[C]1[CH][CH][CH][CH]1.[CH]1[CH][CH][CH][CH]1.[Fe+2]. The van der Waals surface area contributed by atoms with E-state index in [2.05, 4.69) is 0 Å². The van der Waals surface area contributed by atoms with Crippen LogP contribution in [0.2, 0.25) is 0 Å². The molecule has 0 spiro atoms. The monoisotopic (exact) mass is 334 g/mol. The number of benzene rings is 1.